The first-order valence-electron chi connectivity index (χ1n) is 8.50. The van der Waals surface area contributed by atoms with E-state index in [1.54, 1.807) is 11.8 Å². The Kier molecular flexibility index (Phi) is 7.95. The molecule has 1 aliphatic heterocycles. The van der Waals surface area contributed by atoms with Gasteiger partial charge in [-0.15, -0.1) is 0 Å². The second-order valence-corrected chi connectivity index (χ2v) is 7.20. The Morgan fingerprint density at radius 2 is 2.07 bits per heavy atom. The summed E-state index contributed by atoms with van der Waals surface area (Å²) in [5.41, 5.74) is 3.83. The number of carboxylic acid groups (broad SMARTS) is 1. The van der Waals surface area contributed by atoms with Crippen LogP contribution in [0.1, 0.15) is 12.6 Å². The number of ether oxygens (including phenoxy) is 1. The van der Waals surface area contributed by atoms with Crippen LogP contribution in [0.4, 0.5) is 0 Å². The van der Waals surface area contributed by atoms with E-state index in [-0.39, 0.29) is 11.2 Å². The maximum Gasteiger partial charge on any atom is 0.327 e. The number of aliphatic hydroxyl groups excluding tert-OH is 3. The van der Waals surface area contributed by atoms with Crippen molar-refractivity contribution in [2.24, 2.45) is 5.73 Å². The standard InChI is InChI=1S/C10H12N4O6.C5H11NO2S/c15-1-3-5(16)6(17)9(20-3)14-2-11-4-7(14)12-10(19)13-8(4)18;1-9-3-2-4(6)5(7)8/h2-3,5-6,9,15-17H,1H2,(H2,12,13,18,19);4H,2-3,6H2,1H3,(H,7,8)/t3-,5-,6-,9-;4-/m10/s1. The van der Waals surface area contributed by atoms with Crippen molar-refractivity contribution in [2.75, 3.05) is 18.6 Å². The number of nitrogens with zero attached hydrogens (tertiary/aromatic N) is 2. The summed E-state index contributed by atoms with van der Waals surface area (Å²) in [4.78, 5) is 41.1. The van der Waals surface area contributed by atoms with Crippen LogP contribution in [-0.2, 0) is 9.53 Å². The van der Waals surface area contributed by atoms with Gasteiger partial charge in [0.05, 0.1) is 12.9 Å². The molecule has 3 rings (SSSR count). The number of aliphatic hydroxyl groups is 3. The number of H-pyrrole nitrogens is 2. The predicted octanol–water partition coefficient (Wildman–Crippen LogP) is -2.82. The number of nitrogens with one attached hydrogen (secondary N) is 2. The first-order chi connectivity index (χ1) is 13.7. The number of hydrogen-bond acceptors (Lipinski definition) is 10. The number of nitrogens with two attached hydrogens (primary N) is 1. The van der Waals surface area contributed by atoms with E-state index in [1.165, 1.54) is 10.9 Å². The van der Waals surface area contributed by atoms with Crippen LogP contribution in [0.5, 0.6) is 0 Å². The van der Waals surface area contributed by atoms with Gasteiger partial charge < -0.3 is 30.9 Å². The van der Waals surface area contributed by atoms with E-state index in [0.29, 0.717) is 6.42 Å². The number of imidazole rings is 1. The molecule has 3 heterocycles. The Bertz CT molecular complexity index is 943. The van der Waals surface area contributed by atoms with Gasteiger partial charge in [0.1, 0.15) is 30.0 Å². The highest BCUT2D eigenvalue weighted by Crippen LogP contribution is 2.30. The molecule has 29 heavy (non-hydrogen) atoms. The average molecular weight is 433 g/mol. The van der Waals surface area contributed by atoms with E-state index in [9.17, 15) is 24.6 Å². The largest absolute Gasteiger partial charge is 0.480 e. The Balaban J connectivity index is 0.000000284. The highest BCUT2D eigenvalue weighted by atomic mass is 32.2. The summed E-state index contributed by atoms with van der Waals surface area (Å²) in [6, 6.07) is -0.683. The molecule has 8 N–H and O–H groups in total. The first kappa shape index (κ1) is 23.1. The van der Waals surface area contributed by atoms with Crippen molar-refractivity contribution in [3.63, 3.8) is 0 Å². The van der Waals surface area contributed by atoms with Gasteiger partial charge >= 0.3 is 11.7 Å². The predicted molar refractivity (Wildman–Crippen MR) is 103 cm³/mol. The summed E-state index contributed by atoms with van der Waals surface area (Å²) in [7, 11) is 0. The lowest BCUT2D eigenvalue weighted by atomic mass is 10.1. The Hall–Kier alpha value is -2.23. The van der Waals surface area contributed by atoms with E-state index in [2.05, 4.69) is 9.97 Å². The summed E-state index contributed by atoms with van der Waals surface area (Å²) >= 11 is 1.60. The molecule has 0 saturated carbocycles. The molecule has 0 radical (unpaired) electrons. The Labute approximate surface area is 167 Å². The quantitative estimate of drug-likeness (QED) is 0.246. The number of carbonyl (C=O) groups is 1. The minimum atomic E-state index is -1.33. The minimum absolute atomic E-state index is 0.0256. The smallest absolute Gasteiger partial charge is 0.327 e. The van der Waals surface area contributed by atoms with Crippen LogP contribution in [0, 0.1) is 0 Å². The van der Waals surface area contributed by atoms with Crippen molar-refractivity contribution in [1.29, 1.82) is 0 Å². The van der Waals surface area contributed by atoms with Gasteiger partial charge in [-0.25, -0.2) is 9.78 Å². The maximum absolute atomic E-state index is 11.6. The van der Waals surface area contributed by atoms with Gasteiger partial charge in [-0.3, -0.25) is 24.1 Å². The maximum atomic E-state index is 11.6. The molecule has 14 heteroatoms. The average Bonchev–Trinajstić information content (AvgIpc) is 3.21. The first-order valence-corrected chi connectivity index (χ1v) is 9.89. The van der Waals surface area contributed by atoms with E-state index >= 15 is 0 Å². The highest BCUT2D eigenvalue weighted by Gasteiger charge is 2.43. The van der Waals surface area contributed by atoms with Crippen molar-refractivity contribution in [3.05, 3.63) is 27.2 Å². The fourth-order valence-electron chi connectivity index (χ4n) is 2.62. The molecule has 0 unspecified atom stereocenters. The molecule has 0 bridgehead atoms. The SMILES string of the molecule is CSCC[C@H](N)C(=O)O.O=c1[nH]c(=O)c2ncn([C@@H]3O[C@H](CO)[C@@H](O)[C@H]3O)c2[nH]1. The zero-order chi connectivity index (χ0) is 21.7. The third-order valence-electron chi connectivity index (χ3n) is 4.21. The lowest BCUT2D eigenvalue weighted by Crippen LogP contribution is -2.33. The van der Waals surface area contributed by atoms with Crippen molar-refractivity contribution in [2.45, 2.75) is 37.0 Å². The molecule has 2 aromatic heterocycles. The lowest BCUT2D eigenvalue weighted by Gasteiger charge is -2.16. The van der Waals surface area contributed by atoms with E-state index in [0.717, 1.165) is 5.75 Å². The van der Waals surface area contributed by atoms with E-state index < -0.39 is 54.4 Å². The third-order valence-corrected chi connectivity index (χ3v) is 4.85. The van der Waals surface area contributed by atoms with Gasteiger partial charge in [-0.05, 0) is 18.4 Å². The molecule has 2 aromatic rings. The second-order valence-electron chi connectivity index (χ2n) is 6.21. The number of hydrogen-bond donors (Lipinski definition) is 7. The number of aromatic nitrogens is 4. The minimum Gasteiger partial charge on any atom is -0.480 e. The lowest BCUT2D eigenvalue weighted by molar-refractivity contribution is -0.138. The zero-order valence-electron chi connectivity index (χ0n) is 15.4. The van der Waals surface area contributed by atoms with Crippen LogP contribution in [0.2, 0.25) is 0 Å². The molecule has 5 atom stereocenters. The molecule has 1 fully saturated rings. The number of carboxylic acids is 1. The second kappa shape index (κ2) is 10.00. The molecule has 0 spiro atoms. The summed E-state index contributed by atoms with van der Waals surface area (Å²) < 4.78 is 6.54. The van der Waals surface area contributed by atoms with Gasteiger partial charge in [0.25, 0.3) is 5.56 Å². The van der Waals surface area contributed by atoms with E-state index in [1.807, 2.05) is 11.2 Å². The van der Waals surface area contributed by atoms with Gasteiger partial charge in [0.15, 0.2) is 11.7 Å². The molecule has 0 aliphatic carbocycles. The summed E-state index contributed by atoms with van der Waals surface area (Å²) in [6.45, 7) is -0.474. The van der Waals surface area contributed by atoms with Crippen LogP contribution in [-0.4, -0.2) is 88.9 Å². The van der Waals surface area contributed by atoms with Crippen molar-refractivity contribution in [3.8, 4) is 0 Å². The summed E-state index contributed by atoms with van der Waals surface area (Å²) in [5, 5.41) is 36.9. The van der Waals surface area contributed by atoms with Crippen molar-refractivity contribution in [1.82, 2.24) is 19.5 Å². The number of rotatable bonds is 6. The highest BCUT2D eigenvalue weighted by molar-refractivity contribution is 7.98. The number of fused-ring (bicyclic) bond motifs is 1. The molecule has 1 saturated heterocycles. The van der Waals surface area contributed by atoms with Crippen LogP contribution in [0.25, 0.3) is 11.2 Å². The van der Waals surface area contributed by atoms with Gasteiger partial charge in [-0.2, -0.15) is 11.8 Å². The topological polar surface area (TPSA) is 217 Å². The molecule has 0 amide bonds. The molecule has 0 aromatic carbocycles. The molecule has 1 aliphatic rings. The number of aliphatic carboxylic acids is 1. The number of aromatic amines is 2. The Morgan fingerprint density at radius 1 is 1.38 bits per heavy atom. The normalized spacial score (nSPS) is 24.9. The fraction of sp³-hybridized carbons (Fsp3) is 0.600. The third kappa shape index (κ3) is 5.23. The van der Waals surface area contributed by atoms with Crippen LogP contribution < -0.4 is 17.0 Å². The van der Waals surface area contributed by atoms with Crippen LogP contribution in [0.15, 0.2) is 15.9 Å². The van der Waals surface area contributed by atoms with Crippen LogP contribution in [0.3, 0.4) is 0 Å². The molecule has 162 valence electrons. The van der Waals surface area contributed by atoms with Gasteiger partial charge in [0, 0.05) is 0 Å². The van der Waals surface area contributed by atoms with Gasteiger partial charge in [0.2, 0.25) is 0 Å². The van der Waals surface area contributed by atoms with E-state index in [4.69, 9.17) is 20.7 Å². The van der Waals surface area contributed by atoms with Crippen LogP contribution >= 0.6 is 11.8 Å². The van der Waals surface area contributed by atoms with Crippen molar-refractivity contribution >= 4 is 28.9 Å². The molecule has 13 nitrogen and oxygen atoms in total. The molecular weight excluding hydrogens is 410 g/mol. The summed E-state index contributed by atoms with van der Waals surface area (Å²) in [5.74, 6) is -0.1000. The van der Waals surface area contributed by atoms with Crippen molar-refractivity contribution < 1.29 is 30.0 Å². The fourth-order valence-corrected chi connectivity index (χ4v) is 3.11. The number of thioether (sulfide) groups is 1. The monoisotopic (exact) mass is 433 g/mol. The zero-order valence-corrected chi connectivity index (χ0v) is 16.2. The van der Waals surface area contributed by atoms with Gasteiger partial charge in [-0.1, -0.05) is 0 Å². The summed E-state index contributed by atoms with van der Waals surface area (Å²) in [6.07, 6.45) is -0.948. The molecular formula is C15H23N5O8S. The Morgan fingerprint density at radius 3 is 2.62 bits per heavy atom.